The van der Waals surface area contributed by atoms with Crippen LogP contribution < -0.4 is 9.64 Å². The first-order chi connectivity index (χ1) is 19.1. The van der Waals surface area contributed by atoms with Gasteiger partial charge in [0, 0.05) is 36.3 Å². The van der Waals surface area contributed by atoms with Gasteiger partial charge < -0.3 is 19.1 Å². The molecule has 10 nitrogen and oxygen atoms in total. The fraction of sp³-hybridized carbons (Fsp3) is 0.345. The van der Waals surface area contributed by atoms with Crippen LogP contribution in [0.4, 0.5) is 5.82 Å². The van der Waals surface area contributed by atoms with Crippen molar-refractivity contribution in [2.24, 2.45) is 5.92 Å². The third kappa shape index (κ3) is 4.89. The first-order valence-electron chi connectivity index (χ1n) is 13.2. The predicted octanol–water partition coefficient (Wildman–Crippen LogP) is 4.18. The number of aromatic nitrogens is 4. The van der Waals surface area contributed by atoms with Crippen LogP contribution in [0.25, 0.3) is 27.8 Å². The van der Waals surface area contributed by atoms with E-state index in [1.54, 1.807) is 23.9 Å². The minimum atomic E-state index is -0.513. The lowest BCUT2D eigenvalue weighted by molar-refractivity contribution is -0.0808. The SMILES string of the molecule is CCOC(=O)c1cc(-c2ccc(N3CCC(C#N)CC3)nc2)c2c(OC3COC3)nn(-c3ccccc3)c2n1. The van der Waals surface area contributed by atoms with Crippen LogP contribution in [0, 0.1) is 17.2 Å². The van der Waals surface area contributed by atoms with Gasteiger partial charge in [-0.3, -0.25) is 0 Å². The van der Waals surface area contributed by atoms with Crippen molar-refractivity contribution in [1.29, 1.82) is 5.26 Å². The fourth-order valence-electron chi connectivity index (χ4n) is 4.86. The molecule has 0 N–H and O–H groups in total. The Morgan fingerprint density at radius 2 is 1.95 bits per heavy atom. The molecule has 0 spiro atoms. The molecule has 2 aliphatic heterocycles. The summed E-state index contributed by atoms with van der Waals surface area (Å²) >= 11 is 0. The second kappa shape index (κ2) is 10.7. The highest BCUT2D eigenvalue weighted by Crippen LogP contribution is 2.37. The highest BCUT2D eigenvalue weighted by molar-refractivity contribution is 6.01. The van der Waals surface area contributed by atoms with Crippen molar-refractivity contribution >= 4 is 22.8 Å². The van der Waals surface area contributed by atoms with Gasteiger partial charge in [0.2, 0.25) is 5.88 Å². The summed E-state index contributed by atoms with van der Waals surface area (Å²) in [7, 11) is 0. The standard InChI is InChI=1S/C29H28N6O4/c1-2-38-29(36)24-14-23(20-8-9-25(31-16-20)34-12-10-19(15-30)11-13-34)26-27(32-24)35(21-6-4-3-5-7-21)33-28(26)39-22-17-37-18-22/h3-9,14,16,19,22H,2,10-13,17-18H2,1H3. The van der Waals surface area contributed by atoms with Crippen LogP contribution in [-0.4, -0.2) is 64.7 Å². The highest BCUT2D eigenvalue weighted by Gasteiger charge is 2.28. The van der Waals surface area contributed by atoms with E-state index in [1.165, 1.54) is 0 Å². The average Bonchev–Trinajstić information content (AvgIpc) is 3.33. The summed E-state index contributed by atoms with van der Waals surface area (Å²) < 4.78 is 18.6. The first kappa shape index (κ1) is 24.8. The van der Waals surface area contributed by atoms with Gasteiger partial charge in [-0.05, 0) is 50.1 Å². The highest BCUT2D eigenvalue weighted by atomic mass is 16.6. The zero-order chi connectivity index (χ0) is 26.8. The number of hydrogen-bond acceptors (Lipinski definition) is 9. The number of para-hydroxylation sites is 1. The molecule has 0 saturated carbocycles. The minimum absolute atomic E-state index is 0.104. The van der Waals surface area contributed by atoms with E-state index >= 15 is 0 Å². The van der Waals surface area contributed by atoms with E-state index in [4.69, 9.17) is 29.3 Å². The summed E-state index contributed by atoms with van der Waals surface area (Å²) in [4.78, 5) is 24.5. The molecule has 4 aromatic rings. The van der Waals surface area contributed by atoms with Gasteiger partial charge in [0.25, 0.3) is 0 Å². The van der Waals surface area contributed by atoms with Crippen LogP contribution in [0.2, 0.25) is 0 Å². The van der Waals surface area contributed by atoms with Gasteiger partial charge >= 0.3 is 5.97 Å². The normalized spacial score (nSPS) is 16.1. The van der Waals surface area contributed by atoms with Crippen molar-refractivity contribution in [3.8, 4) is 28.8 Å². The summed E-state index contributed by atoms with van der Waals surface area (Å²) in [5, 5.41) is 14.7. The fourth-order valence-corrected chi connectivity index (χ4v) is 4.86. The molecule has 5 heterocycles. The molecule has 0 amide bonds. The maximum atomic E-state index is 12.9. The molecule has 2 saturated heterocycles. The molecule has 10 heteroatoms. The van der Waals surface area contributed by atoms with Crippen LogP contribution in [0.3, 0.4) is 0 Å². The molecule has 6 rings (SSSR count). The van der Waals surface area contributed by atoms with Crippen LogP contribution >= 0.6 is 0 Å². The molecule has 198 valence electrons. The molecule has 39 heavy (non-hydrogen) atoms. The van der Waals surface area contributed by atoms with Gasteiger partial charge in [0.15, 0.2) is 11.3 Å². The number of fused-ring (bicyclic) bond motifs is 1. The summed E-state index contributed by atoms with van der Waals surface area (Å²) in [5.74, 6) is 0.866. The van der Waals surface area contributed by atoms with Gasteiger partial charge in [0.1, 0.15) is 11.9 Å². The number of carbonyl (C=O) groups excluding carboxylic acids is 1. The minimum Gasteiger partial charge on any atom is -0.468 e. The lowest BCUT2D eigenvalue weighted by atomic mass is 9.98. The topological polar surface area (TPSA) is 115 Å². The summed E-state index contributed by atoms with van der Waals surface area (Å²) in [6.45, 7) is 4.57. The Morgan fingerprint density at radius 1 is 1.15 bits per heavy atom. The Bertz CT molecular complexity index is 1520. The van der Waals surface area contributed by atoms with E-state index < -0.39 is 5.97 Å². The Morgan fingerprint density at radius 3 is 2.59 bits per heavy atom. The molecule has 1 aromatic carbocycles. The van der Waals surface area contributed by atoms with E-state index in [-0.39, 0.29) is 24.3 Å². The van der Waals surface area contributed by atoms with Gasteiger partial charge in [-0.25, -0.2) is 19.4 Å². The van der Waals surface area contributed by atoms with Gasteiger partial charge in [-0.15, -0.1) is 5.10 Å². The van der Waals surface area contributed by atoms with Gasteiger partial charge in [-0.2, -0.15) is 5.26 Å². The molecule has 0 bridgehead atoms. The monoisotopic (exact) mass is 524 g/mol. The molecular weight excluding hydrogens is 496 g/mol. The van der Waals surface area contributed by atoms with E-state index in [0.29, 0.717) is 30.1 Å². The van der Waals surface area contributed by atoms with Crippen molar-refractivity contribution in [2.45, 2.75) is 25.9 Å². The quantitative estimate of drug-likeness (QED) is 0.328. The van der Waals surface area contributed by atoms with Crippen molar-refractivity contribution in [3.63, 3.8) is 0 Å². The maximum Gasteiger partial charge on any atom is 0.357 e. The Labute approximate surface area is 225 Å². The molecule has 2 fully saturated rings. The van der Waals surface area contributed by atoms with Crippen LogP contribution in [0.1, 0.15) is 30.3 Å². The van der Waals surface area contributed by atoms with E-state index in [0.717, 1.165) is 48.6 Å². The van der Waals surface area contributed by atoms with Gasteiger partial charge in [-0.1, -0.05) is 18.2 Å². The lowest BCUT2D eigenvalue weighted by Gasteiger charge is -2.30. The number of carbonyl (C=O) groups is 1. The molecule has 0 atom stereocenters. The van der Waals surface area contributed by atoms with E-state index in [9.17, 15) is 10.1 Å². The second-order valence-corrected chi connectivity index (χ2v) is 9.60. The van der Waals surface area contributed by atoms with Crippen LogP contribution in [0.5, 0.6) is 5.88 Å². The van der Waals surface area contributed by atoms with E-state index in [2.05, 4.69) is 11.0 Å². The maximum absolute atomic E-state index is 12.9. The van der Waals surface area contributed by atoms with Crippen molar-refractivity contribution in [1.82, 2.24) is 19.7 Å². The van der Waals surface area contributed by atoms with Crippen LogP contribution in [0.15, 0.2) is 54.7 Å². The third-order valence-electron chi connectivity index (χ3n) is 7.04. The Hall–Kier alpha value is -4.49. The second-order valence-electron chi connectivity index (χ2n) is 9.60. The molecule has 0 unspecified atom stereocenters. The summed E-state index contributed by atoms with van der Waals surface area (Å²) in [6, 6.07) is 17.7. The number of ether oxygens (including phenoxy) is 3. The zero-order valence-electron chi connectivity index (χ0n) is 21.6. The van der Waals surface area contributed by atoms with Crippen molar-refractivity contribution < 1.29 is 19.0 Å². The third-order valence-corrected chi connectivity index (χ3v) is 7.04. The summed E-state index contributed by atoms with van der Waals surface area (Å²) in [6.07, 6.45) is 3.35. The number of esters is 1. The largest absolute Gasteiger partial charge is 0.468 e. The van der Waals surface area contributed by atoms with Crippen molar-refractivity contribution in [3.05, 3.63) is 60.4 Å². The summed E-state index contributed by atoms with van der Waals surface area (Å²) in [5.41, 5.74) is 2.97. The van der Waals surface area contributed by atoms with E-state index in [1.807, 2.05) is 42.5 Å². The molecule has 3 aromatic heterocycles. The Kier molecular flexibility index (Phi) is 6.82. The number of nitrogens with zero attached hydrogens (tertiary/aromatic N) is 6. The smallest absolute Gasteiger partial charge is 0.357 e. The number of hydrogen-bond donors (Lipinski definition) is 0. The first-order valence-corrected chi connectivity index (χ1v) is 13.2. The molecule has 2 aliphatic rings. The molecule has 0 radical (unpaired) electrons. The number of piperidine rings is 1. The number of nitriles is 1. The average molecular weight is 525 g/mol. The van der Waals surface area contributed by atoms with Gasteiger partial charge in [0.05, 0.1) is 37.0 Å². The van der Waals surface area contributed by atoms with Crippen molar-refractivity contribution in [2.75, 3.05) is 37.8 Å². The Balaban J connectivity index is 1.47. The van der Waals surface area contributed by atoms with Crippen LogP contribution in [-0.2, 0) is 9.47 Å². The number of rotatable bonds is 7. The number of benzene rings is 1. The number of anilines is 1. The number of pyridine rings is 2. The molecule has 0 aliphatic carbocycles. The lowest BCUT2D eigenvalue weighted by Crippen LogP contribution is -2.38. The molecular formula is C29H28N6O4. The predicted molar refractivity (Wildman–Crippen MR) is 144 cm³/mol. The zero-order valence-corrected chi connectivity index (χ0v) is 21.6.